The molecule has 5 heteroatoms. The lowest BCUT2D eigenvalue weighted by molar-refractivity contribution is 0.0952. The lowest BCUT2D eigenvalue weighted by atomic mass is 9.97. The molecule has 0 atom stereocenters. The molecule has 140 valence electrons. The second kappa shape index (κ2) is 9.12. The van der Waals surface area contributed by atoms with Crippen molar-refractivity contribution in [1.82, 2.24) is 5.32 Å². The number of anilines is 1. The normalized spacial score (nSPS) is 13.6. The van der Waals surface area contributed by atoms with Crippen LogP contribution in [-0.2, 0) is 0 Å². The maximum absolute atomic E-state index is 12.9. The Balaban J connectivity index is 1.51. The number of rotatable bonds is 6. The number of carbonyl (C=O) groups is 2. The van der Waals surface area contributed by atoms with Crippen molar-refractivity contribution in [3.8, 4) is 0 Å². The van der Waals surface area contributed by atoms with E-state index >= 15 is 0 Å². The van der Waals surface area contributed by atoms with Gasteiger partial charge >= 0.3 is 0 Å². The smallest absolute Gasteiger partial charge is 0.255 e. The number of hydrogen-bond donors (Lipinski definition) is 2. The van der Waals surface area contributed by atoms with Gasteiger partial charge in [-0.25, -0.2) is 4.39 Å². The van der Waals surface area contributed by atoms with E-state index in [2.05, 4.69) is 16.7 Å². The molecule has 3 rings (SSSR count). The van der Waals surface area contributed by atoms with Gasteiger partial charge in [0.1, 0.15) is 5.82 Å². The van der Waals surface area contributed by atoms with E-state index in [1.807, 2.05) is 0 Å². The first-order chi connectivity index (χ1) is 13.1. The molecule has 2 N–H and O–H groups in total. The first-order valence-electron chi connectivity index (χ1n) is 9.25. The summed E-state index contributed by atoms with van der Waals surface area (Å²) in [7, 11) is 0. The zero-order valence-corrected chi connectivity index (χ0v) is 15.1. The van der Waals surface area contributed by atoms with Crippen molar-refractivity contribution in [3.63, 3.8) is 0 Å². The zero-order chi connectivity index (χ0) is 19.1. The molecule has 0 radical (unpaired) electrons. The summed E-state index contributed by atoms with van der Waals surface area (Å²) >= 11 is 0. The highest BCUT2D eigenvalue weighted by Crippen LogP contribution is 2.19. The third-order valence-corrected chi connectivity index (χ3v) is 4.63. The summed E-state index contributed by atoms with van der Waals surface area (Å²) in [4.78, 5) is 24.4. The Labute approximate surface area is 158 Å². The van der Waals surface area contributed by atoms with Crippen LogP contribution in [0.3, 0.4) is 0 Å². The highest BCUT2D eigenvalue weighted by molar-refractivity contribution is 6.05. The quantitative estimate of drug-likeness (QED) is 0.728. The van der Waals surface area contributed by atoms with Gasteiger partial charge < -0.3 is 10.6 Å². The number of allylic oxidation sites excluding steroid dienone is 1. The summed E-state index contributed by atoms with van der Waals surface area (Å²) in [6.07, 6.45) is 7.95. The van der Waals surface area contributed by atoms with Crippen molar-refractivity contribution in [1.29, 1.82) is 0 Å². The van der Waals surface area contributed by atoms with Crippen LogP contribution in [-0.4, -0.2) is 18.4 Å². The molecule has 0 bridgehead atoms. The average Bonchev–Trinajstić information content (AvgIpc) is 2.70. The molecule has 2 aromatic rings. The fraction of sp³-hybridized carbons (Fsp3) is 0.273. The van der Waals surface area contributed by atoms with Crippen LogP contribution in [0.5, 0.6) is 0 Å². The molecule has 0 aromatic heterocycles. The van der Waals surface area contributed by atoms with Crippen LogP contribution in [0.25, 0.3) is 0 Å². The summed E-state index contributed by atoms with van der Waals surface area (Å²) in [6.45, 7) is 0.622. The molecule has 0 saturated heterocycles. The Morgan fingerprint density at radius 3 is 2.19 bits per heavy atom. The minimum atomic E-state index is -0.358. The molecule has 0 aliphatic heterocycles. The van der Waals surface area contributed by atoms with Crippen LogP contribution < -0.4 is 10.6 Å². The van der Waals surface area contributed by atoms with E-state index in [4.69, 9.17) is 0 Å². The lowest BCUT2D eigenvalue weighted by Crippen LogP contribution is -2.25. The largest absolute Gasteiger partial charge is 0.352 e. The number of amides is 2. The number of nitrogens with one attached hydrogen (secondary N) is 2. The van der Waals surface area contributed by atoms with E-state index in [1.54, 1.807) is 24.3 Å². The van der Waals surface area contributed by atoms with Crippen molar-refractivity contribution >= 4 is 17.5 Å². The van der Waals surface area contributed by atoms with Gasteiger partial charge in [0.25, 0.3) is 11.8 Å². The van der Waals surface area contributed by atoms with Gasteiger partial charge in [-0.15, -0.1) is 0 Å². The highest BCUT2D eigenvalue weighted by atomic mass is 19.1. The molecular weight excluding hydrogens is 343 g/mol. The molecule has 2 amide bonds. The van der Waals surface area contributed by atoms with Crippen molar-refractivity contribution in [2.75, 3.05) is 11.9 Å². The molecule has 0 fully saturated rings. The topological polar surface area (TPSA) is 58.2 Å². The molecule has 0 unspecified atom stereocenters. The maximum atomic E-state index is 12.9. The molecule has 1 aliphatic rings. The van der Waals surface area contributed by atoms with Crippen LogP contribution >= 0.6 is 0 Å². The van der Waals surface area contributed by atoms with Gasteiger partial charge in [-0.05, 0) is 80.6 Å². The fourth-order valence-electron chi connectivity index (χ4n) is 3.08. The zero-order valence-electron chi connectivity index (χ0n) is 15.1. The van der Waals surface area contributed by atoms with E-state index in [9.17, 15) is 14.0 Å². The number of hydrogen-bond acceptors (Lipinski definition) is 2. The average molecular weight is 366 g/mol. The first-order valence-corrected chi connectivity index (χ1v) is 9.25. The second-order valence-electron chi connectivity index (χ2n) is 6.65. The van der Waals surface area contributed by atoms with Gasteiger partial charge in [-0.3, -0.25) is 9.59 Å². The molecule has 0 saturated carbocycles. The maximum Gasteiger partial charge on any atom is 0.255 e. The van der Waals surface area contributed by atoms with Gasteiger partial charge in [0.2, 0.25) is 0 Å². The second-order valence-corrected chi connectivity index (χ2v) is 6.65. The summed E-state index contributed by atoms with van der Waals surface area (Å²) in [5.74, 6) is -0.808. The third kappa shape index (κ3) is 5.51. The van der Waals surface area contributed by atoms with Crippen LogP contribution in [0.2, 0.25) is 0 Å². The predicted molar refractivity (Wildman–Crippen MR) is 104 cm³/mol. The van der Waals surface area contributed by atoms with E-state index in [0.717, 1.165) is 19.3 Å². The van der Waals surface area contributed by atoms with Gasteiger partial charge in [-0.2, -0.15) is 0 Å². The molecular formula is C22H23FN2O2. The van der Waals surface area contributed by atoms with E-state index in [0.29, 0.717) is 23.4 Å². The highest BCUT2D eigenvalue weighted by Gasteiger charge is 2.10. The number of halogens is 1. The predicted octanol–water partition coefficient (Wildman–Crippen LogP) is 4.70. The number of benzene rings is 2. The monoisotopic (exact) mass is 366 g/mol. The summed E-state index contributed by atoms with van der Waals surface area (Å²) in [5.41, 5.74) is 2.89. The Hall–Kier alpha value is -2.95. The molecule has 0 heterocycles. The van der Waals surface area contributed by atoms with Crippen molar-refractivity contribution in [2.45, 2.75) is 32.1 Å². The van der Waals surface area contributed by atoms with Gasteiger partial charge in [-0.1, -0.05) is 11.6 Å². The standard InChI is InChI=1S/C22H23FN2O2/c23-19-10-12-20(13-11-19)25-22(27)18-8-6-17(7-9-18)21(26)24-15-14-16-4-2-1-3-5-16/h4,6-13H,1-3,5,14-15H2,(H,24,26)(H,25,27). The Kier molecular flexibility index (Phi) is 6.36. The van der Waals surface area contributed by atoms with Gasteiger partial charge in [0.15, 0.2) is 0 Å². The molecule has 27 heavy (non-hydrogen) atoms. The Bertz CT molecular complexity index is 826. The summed E-state index contributed by atoms with van der Waals surface area (Å²) in [6, 6.07) is 12.0. The molecule has 2 aromatic carbocycles. The van der Waals surface area contributed by atoms with Crippen LogP contribution in [0.1, 0.15) is 52.8 Å². The van der Waals surface area contributed by atoms with E-state index in [-0.39, 0.29) is 17.6 Å². The van der Waals surface area contributed by atoms with Crippen molar-refractivity contribution in [3.05, 3.63) is 77.1 Å². The summed E-state index contributed by atoms with van der Waals surface area (Å²) < 4.78 is 12.9. The minimum Gasteiger partial charge on any atom is -0.352 e. The van der Waals surface area contributed by atoms with Gasteiger partial charge in [0, 0.05) is 23.4 Å². The van der Waals surface area contributed by atoms with Crippen LogP contribution in [0, 0.1) is 5.82 Å². The van der Waals surface area contributed by atoms with E-state index in [1.165, 1.54) is 42.7 Å². The van der Waals surface area contributed by atoms with Crippen molar-refractivity contribution < 1.29 is 14.0 Å². The summed E-state index contributed by atoms with van der Waals surface area (Å²) in [5, 5.41) is 5.62. The molecule has 0 spiro atoms. The van der Waals surface area contributed by atoms with Crippen LogP contribution in [0.15, 0.2) is 60.2 Å². The minimum absolute atomic E-state index is 0.142. The van der Waals surface area contributed by atoms with Gasteiger partial charge in [0.05, 0.1) is 0 Å². The molecule has 1 aliphatic carbocycles. The number of carbonyl (C=O) groups excluding carboxylic acids is 2. The Morgan fingerprint density at radius 2 is 1.56 bits per heavy atom. The molecule has 4 nitrogen and oxygen atoms in total. The third-order valence-electron chi connectivity index (χ3n) is 4.63. The SMILES string of the molecule is O=C(NCCC1=CCCCC1)c1ccc(C(=O)Nc2ccc(F)cc2)cc1. The lowest BCUT2D eigenvalue weighted by Gasteiger charge is -2.13. The van der Waals surface area contributed by atoms with Crippen molar-refractivity contribution in [2.24, 2.45) is 0 Å². The fourth-order valence-corrected chi connectivity index (χ4v) is 3.08. The van der Waals surface area contributed by atoms with E-state index < -0.39 is 0 Å². The first kappa shape index (κ1) is 18.8. The Morgan fingerprint density at radius 1 is 0.889 bits per heavy atom. The van der Waals surface area contributed by atoms with Crippen LogP contribution in [0.4, 0.5) is 10.1 Å².